The van der Waals surface area contributed by atoms with Gasteiger partial charge in [-0.1, -0.05) is 0 Å². The summed E-state index contributed by atoms with van der Waals surface area (Å²) in [7, 11) is 1.78. The third-order valence-corrected chi connectivity index (χ3v) is 3.98. The van der Waals surface area contributed by atoms with Gasteiger partial charge < -0.3 is 10.1 Å². The molecule has 0 bridgehead atoms. The fourth-order valence-corrected chi connectivity index (χ4v) is 2.81. The van der Waals surface area contributed by atoms with Crippen LogP contribution in [0.2, 0.25) is 0 Å². The molecule has 0 saturated carbocycles. The van der Waals surface area contributed by atoms with E-state index in [0.717, 1.165) is 5.69 Å². The molecule has 1 aliphatic heterocycles. The third kappa shape index (κ3) is 3.78. The summed E-state index contributed by atoms with van der Waals surface area (Å²) in [5, 5.41) is 6.91. The topological polar surface area (TPSA) is 76.5 Å². The van der Waals surface area contributed by atoms with Crippen LogP contribution in [0.15, 0.2) is 30.3 Å². The van der Waals surface area contributed by atoms with E-state index in [1.807, 2.05) is 13.0 Å². The van der Waals surface area contributed by atoms with Crippen molar-refractivity contribution < 1.29 is 18.7 Å². The number of carbonyl (C=O) groups is 2. The molecule has 3 rings (SSSR count). The van der Waals surface area contributed by atoms with Crippen molar-refractivity contribution in [2.75, 3.05) is 18.1 Å². The molecule has 0 unspecified atom stereocenters. The van der Waals surface area contributed by atoms with Crippen molar-refractivity contribution in [3.63, 3.8) is 0 Å². The van der Waals surface area contributed by atoms with Crippen molar-refractivity contribution in [1.29, 1.82) is 0 Å². The molecular weight excluding hydrogens is 327 g/mol. The van der Waals surface area contributed by atoms with Crippen molar-refractivity contribution in [2.45, 2.75) is 19.4 Å². The van der Waals surface area contributed by atoms with E-state index in [0.29, 0.717) is 24.5 Å². The molecule has 2 amide bonds. The lowest BCUT2D eigenvalue weighted by molar-refractivity contribution is -0.127. The highest BCUT2D eigenvalue weighted by atomic mass is 19.1. The largest absolute Gasteiger partial charge is 0.484 e. The third-order valence-electron chi connectivity index (χ3n) is 3.98. The molecule has 7 nitrogen and oxygen atoms in total. The molecule has 1 aromatic carbocycles. The number of aromatic nitrogens is 2. The molecular formula is C17H19FN4O3. The molecule has 1 atom stereocenters. The highest BCUT2D eigenvalue weighted by Crippen LogP contribution is 2.22. The maximum Gasteiger partial charge on any atom is 0.258 e. The van der Waals surface area contributed by atoms with Gasteiger partial charge >= 0.3 is 0 Å². The molecule has 8 heteroatoms. The zero-order valence-electron chi connectivity index (χ0n) is 14.0. The summed E-state index contributed by atoms with van der Waals surface area (Å²) in [6, 6.07) is 6.63. The van der Waals surface area contributed by atoms with E-state index in [1.54, 1.807) is 16.6 Å². The maximum atomic E-state index is 12.8. The number of halogens is 1. The standard InChI is InChI=1S/C17H19FN4O3/c1-11-9-16(21(2)20-11)22-8-7-14(17(22)24)19-15(23)10-25-13-5-3-12(18)4-6-13/h3-6,9,14H,7-8,10H2,1-2H3,(H,19,23)/t14-/m0/s1. The number of hydrogen-bond donors (Lipinski definition) is 1. The molecule has 25 heavy (non-hydrogen) atoms. The summed E-state index contributed by atoms with van der Waals surface area (Å²) < 4.78 is 19.8. The number of ether oxygens (including phenoxy) is 1. The first-order valence-corrected chi connectivity index (χ1v) is 7.94. The second kappa shape index (κ2) is 6.92. The Morgan fingerprint density at radius 2 is 2.12 bits per heavy atom. The van der Waals surface area contributed by atoms with Crippen LogP contribution in [-0.4, -0.2) is 40.8 Å². The van der Waals surface area contributed by atoms with Gasteiger partial charge in [0, 0.05) is 19.7 Å². The van der Waals surface area contributed by atoms with Gasteiger partial charge in [0.2, 0.25) is 0 Å². The van der Waals surface area contributed by atoms with E-state index in [4.69, 9.17) is 4.74 Å². The van der Waals surface area contributed by atoms with Crippen LogP contribution in [0.25, 0.3) is 0 Å². The Bertz CT molecular complexity index is 788. The predicted octanol–water partition coefficient (Wildman–Crippen LogP) is 1.17. The fraction of sp³-hybridized carbons (Fsp3) is 0.353. The Labute approximate surface area is 144 Å². The lowest BCUT2D eigenvalue weighted by Crippen LogP contribution is -2.43. The van der Waals surface area contributed by atoms with Gasteiger partial charge in [0.25, 0.3) is 11.8 Å². The summed E-state index contributed by atoms with van der Waals surface area (Å²) in [6.07, 6.45) is 0.519. The number of aryl methyl sites for hydroxylation is 2. The van der Waals surface area contributed by atoms with Gasteiger partial charge in [-0.05, 0) is 37.6 Å². The van der Waals surface area contributed by atoms with Crippen LogP contribution in [0.5, 0.6) is 5.75 Å². The van der Waals surface area contributed by atoms with Crippen molar-refractivity contribution in [1.82, 2.24) is 15.1 Å². The number of amides is 2. The summed E-state index contributed by atoms with van der Waals surface area (Å²) in [5.41, 5.74) is 0.825. The molecule has 1 aliphatic rings. The van der Waals surface area contributed by atoms with Gasteiger partial charge in [-0.3, -0.25) is 19.2 Å². The summed E-state index contributed by atoms with van der Waals surface area (Å²) in [4.78, 5) is 26.1. The van der Waals surface area contributed by atoms with Crippen LogP contribution < -0.4 is 15.0 Å². The number of benzene rings is 1. The zero-order chi connectivity index (χ0) is 18.0. The minimum Gasteiger partial charge on any atom is -0.484 e. The minimum atomic E-state index is -0.584. The number of hydrogen-bond acceptors (Lipinski definition) is 4. The second-order valence-corrected chi connectivity index (χ2v) is 5.91. The summed E-state index contributed by atoms with van der Waals surface area (Å²) in [5.74, 6) is 0.158. The van der Waals surface area contributed by atoms with Gasteiger partial charge in [0.1, 0.15) is 23.4 Å². The van der Waals surface area contributed by atoms with Crippen molar-refractivity contribution in [2.24, 2.45) is 7.05 Å². The number of nitrogens with zero attached hydrogens (tertiary/aromatic N) is 3. The van der Waals surface area contributed by atoms with E-state index in [1.165, 1.54) is 24.3 Å². The highest BCUT2D eigenvalue weighted by Gasteiger charge is 2.35. The lowest BCUT2D eigenvalue weighted by Gasteiger charge is -2.17. The molecule has 1 aromatic heterocycles. The molecule has 0 aliphatic carbocycles. The van der Waals surface area contributed by atoms with Gasteiger partial charge in [0.05, 0.1) is 5.69 Å². The molecule has 1 saturated heterocycles. The van der Waals surface area contributed by atoms with Gasteiger partial charge in [-0.15, -0.1) is 0 Å². The zero-order valence-corrected chi connectivity index (χ0v) is 14.0. The van der Waals surface area contributed by atoms with Crippen molar-refractivity contribution >= 4 is 17.6 Å². The van der Waals surface area contributed by atoms with Gasteiger partial charge in [-0.2, -0.15) is 5.10 Å². The van der Waals surface area contributed by atoms with Crippen molar-refractivity contribution in [3.05, 3.63) is 41.8 Å². The van der Waals surface area contributed by atoms with Gasteiger partial charge in [-0.25, -0.2) is 4.39 Å². The first kappa shape index (κ1) is 16.9. The lowest BCUT2D eigenvalue weighted by atomic mass is 10.2. The van der Waals surface area contributed by atoms with E-state index in [2.05, 4.69) is 10.4 Å². The van der Waals surface area contributed by atoms with Crippen LogP contribution in [0.3, 0.4) is 0 Å². The number of carbonyl (C=O) groups excluding carboxylic acids is 2. The van der Waals surface area contributed by atoms with Crippen LogP contribution in [0.4, 0.5) is 10.2 Å². The normalized spacial score (nSPS) is 17.0. The van der Waals surface area contributed by atoms with E-state index in [-0.39, 0.29) is 18.3 Å². The number of rotatable bonds is 5. The molecule has 132 valence electrons. The number of nitrogens with one attached hydrogen (secondary N) is 1. The molecule has 2 aromatic rings. The predicted molar refractivity (Wildman–Crippen MR) is 88.7 cm³/mol. The minimum absolute atomic E-state index is 0.168. The monoisotopic (exact) mass is 346 g/mol. The first-order valence-electron chi connectivity index (χ1n) is 7.94. The summed E-state index contributed by atoms with van der Waals surface area (Å²) in [6.45, 7) is 2.14. The quantitative estimate of drug-likeness (QED) is 0.882. The molecule has 0 spiro atoms. The maximum absolute atomic E-state index is 12.8. The Balaban J connectivity index is 1.54. The van der Waals surface area contributed by atoms with E-state index in [9.17, 15) is 14.0 Å². The highest BCUT2D eigenvalue weighted by molar-refractivity contribution is 6.00. The van der Waals surface area contributed by atoms with Crippen molar-refractivity contribution in [3.8, 4) is 5.75 Å². The SMILES string of the molecule is Cc1cc(N2CC[C@H](NC(=O)COc3ccc(F)cc3)C2=O)n(C)n1. The fourth-order valence-electron chi connectivity index (χ4n) is 2.81. The average Bonchev–Trinajstić information content (AvgIpc) is 3.09. The van der Waals surface area contributed by atoms with E-state index < -0.39 is 11.9 Å². The van der Waals surface area contributed by atoms with Crippen LogP contribution in [-0.2, 0) is 16.6 Å². The average molecular weight is 346 g/mol. The Hall–Kier alpha value is -2.90. The molecule has 1 fully saturated rings. The molecule has 1 N–H and O–H groups in total. The van der Waals surface area contributed by atoms with E-state index >= 15 is 0 Å². The molecule has 2 heterocycles. The van der Waals surface area contributed by atoms with Gasteiger partial charge in [0.15, 0.2) is 6.61 Å². The van der Waals surface area contributed by atoms with Crippen LogP contribution >= 0.6 is 0 Å². The van der Waals surface area contributed by atoms with Crippen LogP contribution in [0.1, 0.15) is 12.1 Å². The first-order chi connectivity index (χ1) is 11.9. The smallest absolute Gasteiger partial charge is 0.258 e. The summed E-state index contributed by atoms with van der Waals surface area (Å²) >= 11 is 0. The molecule has 0 radical (unpaired) electrons. The Morgan fingerprint density at radius 1 is 1.40 bits per heavy atom. The Morgan fingerprint density at radius 3 is 2.76 bits per heavy atom. The second-order valence-electron chi connectivity index (χ2n) is 5.91. The Kier molecular flexibility index (Phi) is 4.69. The van der Waals surface area contributed by atoms with Crippen LogP contribution in [0, 0.1) is 12.7 Å². The number of anilines is 1.